The van der Waals surface area contributed by atoms with Crippen molar-refractivity contribution in [3.05, 3.63) is 46.3 Å². The minimum absolute atomic E-state index is 0.0577. The van der Waals surface area contributed by atoms with Crippen molar-refractivity contribution < 1.29 is 9.90 Å². The van der Waals surface area contributed by atoms with E-state index in [9.17, 15) is 9.90 Å². The number of carbonyl (C=O) groups excluding carboxylic acids is 1. The Morgan fingerprint density at radius 3 is 2.91 bits per heavy atom. The largest absolute Gasteiger partial charge is 0.392 e. The topological polar surface area (TPSA) is 61.4 Å². The number of benzene rings is 1. The van der Waals surface area contributed by atoms with Gasteiger partial charge >= 0.3 is 0 Å². The highest BCUT2D eigenvalue weighted by Crippen LogP contribution is 2.41. The first-order valence-electron chi connectivity index (χ1n) is 7.15. The number of hydrogen-bond donors (Lipinski definition) is 3. The van der Waals surface area contributed by atoms with E-state index in [2.05, 4.69) is 23.6 Å². The van der Waals surface area contributed by atoms with Gasteiger partial charge in [-0.15, -0.1) is 23.1 Å². The van der Waals surface area contributed by atoms with Crippen LogP contribution in [-0.4, -0.2) is 16.8 Å². The van der Waals surface area contributed by atoms with Crippen molar-refractivity contribution in [2.24, 2.45) is 0 Å². The fourth-order valence-electron chi connectivity index (χ4n) is 2.37. The number of nitrogens with one attached hydrogen (secondary N) is 2. The van der Waals surface area contributed by atoms with Crippen molar-refractivity contribution in [1.82, 2.24) is 5.32 Å². The van der Waals surface area contributed by atoms with Crippen LogP contribution in [0.4, 0.5) is 5.69 Å². The molecule has 1 unspecified atom stereocenters. The summed E-state index contributed by atoms with van der Waals surface area (Å²) in [5, 5.41) is 15.8. The van der Waals surface area contributed by atoms with Crippen molar-refractivity contribution in [1.29, 1.82) is 0 Å². The van der Waals surface area contributed by atoms with E-state index in [1.807, 2.05) is 24.3 Å². The maximum Gasteiger partial charge on any atom is 0.234 e. The molecule has 2 heterocycles. The van der Waals surface area contributed by atoms with Crippen LogP contribution >= 0.6 is 23.1 Å². The first-order chi connectivity index (χ1) is 10.7. The van der Waals surface area contributed by atoms with E-state index in [4.69, 9.17) is 0 Å². The van der Waals surface area contributed by atoms with Gasteiger partial charge in [-0.25, -0.2) is 0 Å². The number of anilines is 1. The van der Waals surface area contributed by atoms with E-state index in [-0.39, 0.29) is 18.6 Å². The zero-order valence-corrected chi connectivity index (χ0v) is 13.9. The predicted molar refractivity (Wildman–Crippen MR) is 91.3 cm³/mol. The van der Waals surface area contributed by atoms with Crippen LogP contribution in [0.1, 0.15) is 29.0 Å². The standard InChI is InChI=1S/C16H18N2O2S2/c1-10(17-7-11-4-2-3-5-12(11)8-19)14-6-13-16(22-14)21-9-15(20)18-13/h2-6,10,17,19H,7-9H2,1H3,(H,18,20). The Labute approximate surface area is 137 Å². The summed E-state index contributed by atoms with van der Waals surface area (Å²) < 4.78 is 1.18. The number of rotatable bonds is 5. The first-order valence-corrected chi connectivity index (χ1v) is 8.95. The van der Waals surface area contributed by atoms with Crippen LogP contribution in [-0.2, 0) is 17.9 Å². The van der Waals surface area contributed by atoms with Gasteiger partial charge in [-0.05, 0) is 24.1 Å². The molecule has 0 bridgehead atoms. The second kappa shape index (κ2) is 6.83. The molecule has 3 rings (SSSR count). The van der Waals surface area contributed by atoms with Gasteiger partial charge in [0.1, 0.15) is 0 Å². The minimum Gasteiger partial charge on any atom is -0.392 e. The molecule has 1 amide bonds. The zero-order valence-electron chi connectivity index (χ0n) is 12.3. The summed E-state index contributed by atoms with van der Waals surface area (Å²) in [5.41, 5.74) is 3.00. The Kier molecular flexibility index (Phi) is 4.83. The molecule has 1 aromatic carbocycles. The highest BCUT2D eigenvalue weighted by atomic mass is 32.2. The molecular weight excluding hydrogens is 316 g/mol. The van der Waals surface area contributed by atoms with Gasteiger partial charge in [0.2, 0.25) is 5.91 Å². The molecule has 1 aliphatic heterocycles. The van der Waals surface area contributed by atoms with Crippen LogP contribution in [0.5, 0.6) is 0 Å². The summed E-state index contributed by atoms with van der Waals surface area (Å²) in [6.45, 7) is 2.88. The molecule has 6 heteroatoms. The Morgan fingerprint density at radius 2 is 2.14 bits per heavy atom. The molecular formula is C16H18N2O2S2. The molecule has 4 nitrogen and oxygen atoms in total. The van der Waals surface area contributed by atoms with Crippen LogP contribution < -0.4 is 10.6 Å². The van der Waals surface area contributed by atoms with Gasteiger partial charge in [-0.1, -0.05) is 24.3 Å². The maximum absolute atomic E-state index is 11.4. The van der Waals surface area contributed by atoms with Crippen molar-refractivity contribution in [2.75, 3.05) is 11.1 Å². The lowest BCUT2D eigenvalue weighted by Crippen LogP contribution is -2.18. The zero-order chi connectivity index (χ0) is 15.5. The third-order valence-corrected chi connectivity index (χ3v) is 6.24. The van der Waals surface area contributed by atoms with Gasteiger partial charge in [0.15, 0.2) is 0 Å². The van der Waals surface area contributed by atoms with E-state index in [0.717, 1.165) is 16.8 Å². The molecule has 0 radical (unpaired) electrons. The second-order valence-corrected chi connectivity index (χ2v) is 7.54. The normalized spacial score (nSPS) is 15.3. The number of fused-ring (bicyclic) bond motifs is 1. The summed E-state index contributed by atoms with van der Waals surface area (Å²) in [6, 6.07) is 10.1. The van der Waals surface area contributed by atoms with Gasteiger partial charge in [0, 0.05) is 17.5 Å². The lowest BCUT2D eigenvalue weighted by molar-refractivity contribution is -0.113. The highest BCUT2D eigenvalue weighted by Gasteiger charge is 2.20. The fourth-order valence-corrected chi connectivity index (χ4v) is 4.54. The van der Waals surface area contributed by atoms with Crippen molar-refractivity contribution in [3.8, 4) is 0 Å². The number of aliphatic hydroxyl groups is 1. The van der Waals surface area contributed by atoms with Crippen molar-refractivity contribution in [2.45, 2.75) is 30.3 Å². The lowest BCUT2D eigenvalue weighted by atomic mass is 10.1. The first kappa shape index (κ1) is 15.6. The van der Waals surface area contributed by atoms with E-state index >= 15 is 0 Å². The van der Waals surface area contributed by atoms with Crippen LogP contribution in [0.25, 0.3) is 0 Å². The smallest absolute Gasteiger partial charge is 0.234 e. The fraction of sp³-hybridized carbons (Fsp3) is 0.312. The molecule has 2 aromatic rings. The van der Waals surface area contributed by atoms with Gasteiger partial charge in [-0.2, -0.15) is 0 Å². The number of carbonyl (C=O) groups is 1. The maximum atomic E-state index is 11.4. The quantitative estimate of drug-likeness (QED) is 0.786. The molecule has 116 valence electrons. The SMILES string of the molecule is CC(NCc1ccccc1CO)c1cc2c(s1)SCC(=O)N2. The average molecular weight is 334 g/mol. The number of thiophene rings is 1. The number of hydrogen-bond acceptors (Lipinski definition) is 5. The molecule has 22 heavy (non-hydrogen) atoms. The number of aliphatic hydroxyl groups excluding tert-OH is 1. The van der Waals surface area contributed by atoms with Crippen LogP contribution in [0, 0.1) is 0 Å². The molecule has 1 aliphatic rings. The van der Waals surface area contributed by atoms with Gasteiger partial charge in [0.25, 0.3) is 0 Å². The molecule has 0 fully saturated rings. The van der Waals surface area contributed by atoms with E-state index in [1.165, 1.54) is 9.09 Å². The third kappa shape index (κ3) is 3.35. The van der Waals surface area contributed by atoms with Gasteiger partial charge in [0.05, 0.1) is 22.3 Å². The third-order valence-electron chi connectivity index (χ3n) is 3.64. The van der Waals surface area contributed by atoms with Crippen LogP contribution in [0.15, 0.2) is 34.5 Å². The summed E-state index contributed by atoms with van der Waals surface area (Å²) in [6.07, 6.45) is 0. The summed E-state index contributed by atoms with van der Waals surface area (Å²) in [4.78, 5) is 12.6. The Bertz CT molecular complexity index is 685. The number of amides is 1. The molecule has 0 aliphatic carbocycles. The predicted octanol–water partition coefficient (Wildman–Crippen LogP) is 3.14. The monoisotopic (exact) mass is 334 g/mol. The summed E-state index contributed by atoms with van der Waals surface area (Å²) >= 11 is 3.33. The van der Waals surface area contributed by atoms with E-state index in [1.54, 1.807) is 23.1 Å². The Morgan fingerprint density at radius 1 is 1.36 bits per heavy atom. The van der Waals surface area contributed by atoms with Gasteiger partial charge < -0.3 is 15.7 Å². The molecule has 0 saturated carbocycles. The van der Waals surface area contributed by atoms with Crippen molar-refractivity contribution >= 4 is 34.7 Å². The summed E-state index contributed by atoms with van der Waals surface area (Å²) in [7, 11) is 0. The highest BCUT2D eigenvalue weighted by molar-refractivity contribution is 8.02. The molecule has 1 atom stereocenters. The number of thioether (sulfide) groups is 1. The summed E-state index contributed by atoms with van der Waals surface area (Å²) in [5.74, 6) is 0.567. The molecule has 1 aromatic heterocycles. The second-order valence-electron chi connectivity index (χ2n) is 5.22. The van der Waals surface area contributed by atoms with E-state index < -0.39 is 0 Å². The van der Waals surface area contributed by atoms with Gasteiger partial charge in [-0.3, -0.25) is 4.79 Å². The Hall–Kier alpha value is -1.34. The molecule has 0 saturated heterocycles. The molecule has 0 spiro atoms. The van der Waals surface area contributed by atoms with E-state index in [0.29, 0.717) is 12.3 Å². The average Bonchev–Trinajstić information content (AvgIpc) is 2.96. The van der Waals surface area contributed by atoms with Crippen molar-refractivity contribution in [3.63, 3.8) is 0 Å². The molecule has 3 N–H and O–H groups in total. The minimum atomic E-state index is 0.0577. The lowest BCUT2D eigenvalue weighted by Gasteiger charge is -2.14. The Balaban J connectivity index is 1.67. The van der Waals surface area contributed by atoms with Crippen LogP contribution in [0.3, 0.4) is 0 Å². The van der Waals surface area contributed by atoms with Crippen LogP contribution in [0.2, 0.25) is 0 Å².